The number of carbonyl (C=O) groups excluding carboxylic acids is 1. The molecule has 2 atom stereocenters. The highest BCUT2D eigenvalue weighted by molar-refractivity contribution is 5.94. The van der Waals surface area contributed by atoms with E-state index >= 15 is 0 Å². The van der Waals surface area contributed by atoms with Gasteiger partial charge in [-0.05, 0) is 7.05 Å². The molecule has 2 aliphatic rings. The van der Waals surface area contributed by atoms with Crippen LogP contribution in [0.5, 0.6) is 0 Å². The topological polar surface area (TPSA) is 58.6 Å². The largest absolute Gasteiger partial charge is 0.379 e. The number of amides is 1. The summed E-state index contributed by atoms with van der Waals surface area (Å²) in [6, 6.07) is 0.112. The number of aryl methyl sites for hydroxylation is 1. The maximum absolute atomic E-state index is 12.8. The highest BCUT2D eigenvalue weighted by Gasteiger charge is 2.35. The first-order valence-corrected chi connectivity index (χ1v) is 7.55. The van der Waals surface area contributed by atoms with Crippen molar-refractivity contribution >= 4 is 5.91 Å². The number of carbonyl (C=O) groups is 1. The van der Waals surface area contributed by atoms with Gasteiger partial charge in [0.2, 0.25) is 0 Å². The second-order valence-electron chi connectivity index (χ2n) is 5.98. The summed E-state index contributed by atoms with van der Waals surface area (Å²) < 4.78 is 5.71. The van der Waals surface area contributed by atoms with Crippen LogP contribution in [0.2, 0.25) is 0 Å². The Morgan fingerprint density at radius 3 is 2.76 bits per heavy atom. The number of rotatable bonds is 2. The molecule has 0 aromatic carbocycles. The van der Waals surface area contributed by atoms with Gasteiger partial charge in [0.1, 0.15) is 5.82 Å². The third kappa shape index (κ3) is 3.06. The normalized spacial score (nSPS) is 26.5. The van der Waals surface area contributed by atoms with Crippen molar-refractivity contribution in [3.63, 3.8) is 0 Å². The molecule has 2 aliphatic heterocycles. The van der Waals surface area contributed by atoms with Crippen LogP contribution in [0, 0.1) is 5.92 Å². The third-order valence-corrected chi connectivity index (χ3v) is 4.18. The molecular formula is C15H22N4O2. The van der Waals surface area contributed by atoms with Gasteiger partial charge in [0.25, 0.3) is 5.91 Å². The van der Waals surface area contributed by atoms with E-state index in [9.17, 15) is 4.79 Å². The number of hydrogen-bond donors (Lipinski definition) is 0. The van der Waals surface area contributed by atoms with E-state index in [1.165, 1.54) is 0 Å². The fourth-order valence-electron chi connectivity index (χ4n) is 3.14. The van der Waals surface area contributed by atoms with E-state index in [0.717, 1.165) is 38.5 Å². The molecule has 3 heterocycles. The molecule has 0 saturated carbocycles. The predicted octanol–water partition coefficient (Wildman–Crippen LogP) is 0.442. The average Bonchev–Trinajstić information content (AvgIpc) is 2.76. The summed E-state index contributed by atoms with van der Waals surface area (Å²) >= 11 is 0. The molecule has 3 rings (SSSR count). The lowest BCUT2D eigenvalue weighted by atomic mass is 10.1. The summed E-state index contributed by atoms with van der Waals surface area (Å²) in [4.78, 5) is 25.5. The second-order valence-corrected chi connectivity index (χ2v) is 5.98. The molecule has 2 fully saturated rings. The Kier molecular flexibility index (Phi) is 4.17. The highest BCUT2D eigenvalue weighted by atomic mass is 16.5. The first-order valence-electron chi connectivity index (χ1n) is 7.55. The van der Waals surface area contributed by atoms with Gasteiger partial charge >= 0.3 is 0 Å². The van der Waals surface area contributed by atoms with Crippen LogP contribution >= 0.6 is 0 Å². The molecule has 21 heavy (non-hydrogen) atoms. The van der Waals surface area contributed by atoms with Crippen LogP contribution in [-0.2, 0) is 11.2 Å². The van der Waals surface area contributed by atoms with Crippen LogP contribution in [0.25, 0.3) is 0 Å². The van der Waals surface area contributed by atoms with Crippen molar-refractivity contribution in [3.8, 4) is 0 Å². The molecule has 0 spiro atoms. The van der Waals surface area contributed by atoms with Crippen LogP contribution in [0.3, 0.4) is 0 Å². The Bertz CT molecular complexity index is 505. The molecule has 2 saturated heterocycles. The maximum Gasteiger partial charge on any atom is 0.257 e. The Morgan fingerprint density at radius 1 is 1.29 bits per heavy atom. The molecule has 2 bridgehead atoms. The molecule has 0 N–H and O–H groups in total. The first kappa shape index (κ1) is 14.4. The lowest BCUT2D eigenvalue weighted by Crippen LogP contribution is -2.46. The van der Waals surface area contributed by atoms with E-state index in [-0.39, 0.29) is 11.9 Å². The van der Waals surface area contributed by atoms with Crippen molar-refractivity contribution in [2.24, 2.45) is 5.92 Å². The van der Waals surface area contributed by atoms with E-state index in [1.807, 2.05) is 11.8 Å². The van der Waals surface area contributed by atoms with E-state index in [4.69, 9.17) is 4.74 Å². The summed E-state index contributed by atoms with van der Waals surface area (Å²) in [7, 11) is 2.11. The summed E-state index contributed by atoms with van der Waals surface area (Å²) in [5.41, 5.74) is 0.572. The zero-order chi connectivity index (χ0) is 14.8. The summed E-state index contributed by atoms with van der Waals surface area (Å²) in [6.45, 7) is 5.93. The maximum atomic E-state index is 12.8. The van der Waals surface area contributed by atoms with Crippen molar-refractivity contribution < 1.29 is 9.53 Å². The van der Waals surface area contributed by atoms with Crippen molar-refractivity contribution in [1.82, 2.24) is 19.8 Å². The molecule has 114 valence electrons. The van der Waals surface area contributed by atoms with Gasteiger partial charge in [-0.15, -0.1) is 0 Å². The quantitative estimate of drug-likeness (QED) is 0.791. The van der Waals surface area contributed by atoms with Gasteiger partial charge in [-0.3, -0.25) is 4.79 Å². The molecule has 1 amide bonds. The van der Waals surface area contributed by atoms with Crippen molar-refractivity contribution in [2.45, 2.75) is 19.4 Å². The van der Waals surface area contributed by atoms with Gasteiger partial charge in [0.15, 0.2) is 0 Å². The van der Waals surface area contributed by atoms with E-state index in [1.54, 1.807) is 12.4 Å². The zero-order valence-electron chi connectivity index (χ0n) is 12.7. The predicted molar refractivity (Wildman–Crippen MR) is 78.0 cm³/mol. The van der Waals surface area contributed by atoms with Gasteiger partial charge in [-0.2, -0.15) is 0 Å². The fourth-order valence-corrected chi connectivity index (χ4v) is 3.14. The first-order chi connectivity index (χ1) is 10.2. The van der Waals surface area contributed by atoms with E-state index in [2.05, 4.69) is 21.9 Å². The van der Waals surface area contributed by atoms with Crippen LogP contribution in [0.15, 0.2) is 12.4 Å². The lowest BCUT2D eigenvalue weighted by Gasteiger charge is -2.29. The van der Waals surface area contributed by atoms with Gasteiger partial charge in [-0.1, -0.05) is 6.92 Å². The summed E-state index contributed by atoms with van der Waals surface area (Å²) in [5, 5.41) is 0. The molecule has 0 unspecified atom stereocenters. The van der Waals surface area contributed by atoms with E-state index < -0.39 is 0 Å². The minimum absolute atomic E-state index is 0.0217. The summed E-state index contributed by atoms with van der Waals surface area (Å²) in [5.74, 6) is 1.17. The van der Waals surface area contributed by atoms with Gasteiger partial charge < -0.3 is 14.5 Å². The Hall–Kier alpha value is -1.53. The smallest absolute Gasteiger partial charge is 0.257 e. The standard InChI is InChI=1S/C15H22N4O2/c1-3-14-16-4-12(5-17-14)15(20)19-7-11-6-18(2)8-13(19)10-21-9-11/h4-5,11,13H,3,6-10H2,1-2H3/t11-,13-/m0/s1. The number of likely N-dealkylation sites (N-methyl/N-ethyl adjacent to an activating group) is 1. The van der Waals surface area contributed by atoms with Gasteiger partial charge in [-0.25, -0.2) is 9.97 Å². The molecule has 1 aromatic heterocycles. The van der Waals surface area contributed by atoms with Crippen molar-refractivity contribution in [3.05, 3.63) is 23.8 Å². The molecule has 0 radical (unpaired) electrons. The van der Waals surface area contributed by atoms with Crippen LogP contribution in [0.4, 0.5) is 0 Å². The molecule has 6 heteroatoms. The Morgan fingerprint density at radius 2 is 2.05 bits per heavy atom. The number of hydrogen-bond acceptors (Lipinski definition) is 5. The number of fused-ring (bicyclic) bond motifs is 3. The van der Waals surface area contributed by atoms with Crippen molar-refractivity contribution in [2.75, 3.05) is 39.9 Å². The highest BCUT2D eigenvalue weighted by Crippen LogP contribution is 2.20. The molecule has 6 nitrogen and oxygen atoms in total. The van der Waals surface area contributed by atoms with E-state index in [0.29, 0.717) is 18.1 Å². The average molecular weight is 290 g/mol. The Labute approximate surface area is 125 Å². The monoisotopic (exact) mass is 290 g/mol. The third-order valence-electron chi connectivity index (χ3n) is 4.18. The minimum Gasteiger partial charge on any atom is -0.379 e. The number of nitrogens with zero attached hydrogens (tertiary/aromatic N) is 4. The lowest BCUT2D eigenvalue weighted by molar-refractivity contribution is 0.0483. The fraction of sp³-hybridized carbons (Fsp3) is 0.667. The summed E-state index contributed by atoms with van der Waals surface area (Å²) in [6.07, 6.45) is 4.07. The van der Waals surface area contributed by atoms with Crippen molar-refractivity contribution in [1.29, 1.82) is 0 Å². The second kappa shape index (κ2) is 6.07. The molecular weight excluding hydrogens is 268 g/mol. The van der Waals surface area contributed by atoms with Crippen LogP contribution in [0.1, 0.15) is 23.1 Å². The number of aromatic nitrogens is 2. The molecule has 1 aromatic rings. The van der Waals surface area contributed by atoms with Gasteiger partial charge in [0.05, 0.1) is 24.8 Å². The van der Waals surface area contributed by atoms with Gasteiger partial charge in [0, 0.05) is 44.4 Å². The Balaban J connectivity index is 1.82. The van der Waals surface area contributed by atoms with Crippen LogP contribution in [-0.4, -0.2) is 71.6 Å². The minimum atomic E-state index is 0.0217. The number of ether oxygens (including phenoxy) is 1. The molecule has 0 aliphatic carbocycles. The van der Waals surface area contributed by atoms with Crippen LogP contribution < -0.4 is 0 Å². The zero-order valence-corrected chi connectivity index (χ0v) is 12.7. The SMILES string of the molecule is CCc1ncc(C(=O)N2C[C@H]3COC[C@@H]2CN(C)C3)cn1.